The Morgan fingerprint density at radius 3 is 1.25 bits per heavy atom. The van der Waals surface area contributed by atoms with Crippen LogP contribution >= 0.6 is 0 Å². The molecule has 0 amide bonds. The molecular weight excluding hydrogens is 681 g/mol. The molecule has 0 radical (unpaired) electrons. The summed E-state index contributed by atoms with van der Waals surface area (Å²) in [6, 6.07) is 63.9. The number of nitrogens with zero attached hydrogens (tertiary/aromatic N) is 2. The number of aromatic nitrogens is 2. The summed E-state index contributed by atoms with van der Waals surface area (Å²) < 4.78 is 4.98. The molecule has 55 heavy (non-hydrogen) atoms. The summed E-state index contributed by atoms with van der Waals surface area (Å²) in [6.07, 6.45) is 1.91. The van der Waals surface area contributed by atoms with Gasteiger partial charge in [-0.25, -0.2) is 0 Å². The van der Waals surface area contributed by atoms with E-state index in [1.165, 1.54) is 110 Å². The molecule has 0 unspecified atom stereocenters. The normalized spacial score (nSPS) is 13.1. The highest BCUT2D eigenvalue weighted by Gasteiger charge is 2.32. The molecule has 0 fully saturated rings. The van der Waals surface area contributed by atoms with Gasteiger partial charge in [0.25, 0.3) is 0 Å². The minimum absolute atomic E-state index is 0.956. The number of fused-ring (bicyclic) bond motifs is 14. The van der Waals surface area contributed by atoms with E-state index in [1.54, 1.807) is 0 Å². The molecule has 0 bridgehead atoms. The molecule has 0 N–H and O–H groups in total. The number of para-hydroxylation sites is 4. The standard InChI is InChI=1S/C52H38N2Si/c1-55(2,37-23-21-33-29-47-39(45(33)31-37)25-27-43-41-17-9-11-19-49(41)53(51(43)47)35-13-5-3-6-14-35)38-24-22-34-30-48-40(46(34)32-38)26-28-44-42-18-10-12-20-50(42)54(52(44)48)36-15-7-4-8-16-36/h3-28,31-32H,29-30H2,1-2H3. The van der Waals surface area contributed by atoms with Gasteiger partial charge in [0.15, 0.2) is 0 Å². The lowest BCUT2D eigenvalue weighted by Gasteiger charge is -2.25. The van der Waals surface area contributed by atoms with Gasteiger partial charge in [-0.2, -0.15) is 0 Å². The van der Waals surface area contributed by atoms with Crippen molar-refractivity contribution in [3.05, 3.63) is 192 Å². The molecular formula is C52H38N2Si. The van der Waals surface area contributed by atoms with Gasteiger partial charge in [0, 0.05) is 45.8 Å². The molecule has 2 aliphatic carbocycles. The minimum Gasteiger partial charge on any atom is -0.309 e. The molecule has 0 aliphatic heterocycles. The van der Waals surface area contributed by atoms with Crippen LogP contribution < -0.4 is 10.4 Å². The van der Waals surface area contributed by atoms with Crippen LogP contribution in [0.4, 0.5) is 0 Å². The lowest BCUT2D eigenvalue weighted by atomic mass is 10.0. The Labute approximate surface area is 321 Å². The van der Waals surface area contributed by atoms with Gasteiger partial charge in [0.05, 0.1) is 22.1 Å². The van der Waals surface area contributed by atoms with Crippen LogP contribution in [-0.2, 0) is 12.8 Å². The zero-order valence-electron chi connectivity index (χ0n) is 31.0. The van der Waals surface area contributed by atoms with Gasteiger partial charge in [0.1, 0.15) is 8.07 Å². The van der Waals surface area contributed by atoms with Gasteiger partial charge >= 0.3 is 0 Å². The summed E-state index contributed by atoms with van der Waals surface area (Å²) in [5.74, 6) is 0. The highest BCUT2D eigenvalue weighted by Crippen LogP contribution is 2.46. The van der Waals surface area contributed by atoms with Gasteiger partial charge in [-0.15, -0.1) is 0 Å². The molecule has 3 heteroatoms. The monoisotopic (exact) mass is 718 g/mol. The summed E-state index contributed by atoms with van der Waals surface area (Å²) in [6.45, 7) is 5.07. The van der Waals surface area contributed by atoms with E-state index in [0.717, 1.165) is 12.8 Å². The van der Waals surface area contributed by atoms with Crippen molar-refractivity contribution >= 4 is 62.1 Å². The maximum Gasteiger partial charge on any atom is 0.112 e. The van der Waals surface area contributed by atoms with Gasteiger partial charge in [-0.3, -0.25) is 0 Å². The van der Waals surface area contributed by atoms with Crippen LogP contribution in [0, 0.1) is 0 Å². The Kier molecular flexibility index (Phi) is 6.36. The van der Waals surface area contributed by atoms with E-state index in [4.69, 9.17) is 0 Å². The third kappa shape index (κ3) is 4.30. The zero-order valence-corrected chi connectivity index (χ0v) is 32.0. The van der Waals surface area contributed by atoms with Crippen molar-refractivity contribution in [1.82, 2.24) is 9.13 Å². The highest BCUT2D eigenvalue weighted by atomic mass is 28.3. The van der Waals surface area contributed by atoms with Gasteiger partial charge in [0.2, 0.25) is 0 Å². The van der Waals surface area contributed by atoms with Crippen LogP contribution in [0.1, 0.15) is 22.3 Å². The van der Waals surface area contributed by atoms with Gasteiger partial charge in [-0.1, -0.05) is 157 Å². The summed E-state index contributed by atoms with van der Waals surface area (Å²) in [7, 11) is -2.08. The largest absolute Gasteiger partial charge is 0.309 e. The zero-order chi connectivity index (χ0) is 36.4. The highest BCUT2D eigenvalue weighted by molar-refractivity contribution is 7.00. The van der Waals surface area contributed by atoms with Crippen molar-refractivity contribution in [3.8, 4) is 33.6 Å². The van der Waals surface area contributed by atoms with Crippen molar-refractivity contribution in [2.45, 2.75) is 25.9 Å². The summed E-state index contributed by atoms with van der Waals surface area (Å²) in [5, 5.41) is 8.27. The molecule has 10 aromatic rings. The smallest absolute Gasteiger partial charge is 0.112 e. The second kappa shape index (κ2) is 11.3. The first-order valence-corrected chi connectivity index (χ1v) is 22.5. The molecule has 12 rings (SSSR count). The quantitative estimate of drug-likeness (QED) is 0.160. The summed E-state index contributed by atoms with van der Waals surface area (Å²) in [5.41, 5.74) is 19.0. The minimum atomic E-state index is -2.08. The molecule has 2 heterocycles. The van der Waals surface area contributed by atoms with Crippen molar-refractivity contribution in [1.29, 1.82) is 0 Å². The maximum atomic E-state index is 2.55. The van der Waals surface area contributed by atoms with E-state index in [9.17, 15) is 0 Å². The summed E-state index contributed by atoms with van der Waals surface area (Å²) in [4.78, 5) is 0. The Hall–Kier alpha value is -6.42. The number of hydrogen-bond donors (Lipinski definition) is 0. The molecule has 0 atom stereocenters. The van der Waals surface area contributed by atoms with Crippen molar-refractivity contribution < 1.29 is 0 Å². The molecule has 0 saturated carbocycles. The van der Waals surface area contributed by atoms with Crippen LogP contribution in [0.3, 0.4) is 0 Å². The fraction of sp³-hybridized carbons (Fsp3) is 0.0769. The average Bonchev–Trinajstić information content (AvgIpc) is 3.98. The Balaban J connectivity index is 0.980. The third-order valence-corrected chi connectivity index (χ3v) is 16.4. The first-order chi connectivity index (χ1) is 27.0. The van der Waals surface area contributed by atoms with Crippen LogP contribution in [0.25, 0.3) is 77.2 Å². The number of benzene rings is 8. The second-order valence-corrected chi connectivity index (χ2v) is 20.5. The van der Waals surface area contributed by atoms with Gasteiger partial charge < -0.3 is 9.13 Å². The molecule has 260 valence electrons. The van der Waals surface area contributed by atoms with Crippen LogP contribution in [-0.4, -0.2) is 17.2 Å². The Bertz CT molecular complexity index is 3000. The number of rotatable bonds is 4. The van der Waals surface area contributed by atoms with E-state index in [1.807, 2.05) is 0 Å². The van der Waals surface area contributed by atoms with Crippen molar-refractivity contribution in [3.63, 3.8) is 0 Å². The van der Waals surface area contributed by atoms with Crippen LogP contribution in [0.15, 0.2) is 170 Å². The fourth-order valence-corrected chi connectivity index (χ4v) is 12.4. The van der Waals surface area contributed by atoms with Gasteiger partial charge in [-0.05, 0) is 80.9 Å². The van der Waals surface area contributed by atoms with E-state index in [2.05, 4.69) is 192 Å². The molecule has 0 spiro atoms. The first-order valence-electron chi connectivity index (χ1n) is 19.5. The van der Waals surface area contributed by atoms with E-state index in [-0.39, 0.29) is 0 Å². The lowest BCUT2D eigenvalue weighted by molar-refractivity contribution is 1.15. The maximum absolute atomic E-state index is 2.55. The average molecular weight is 719 g/mol. The van der Waals surface area contributed by atoms with Crippen LogP contribution in [0.2, 0.25) is 13.1 Å². The van der Waals surface area contributed by atoms with Crippen molar-refractivity contribution in [2.24, 2.45) is 0 Å². The Morgan fingerprint density at radius 1 is 0.382 bits per heavy atom. The SMILES string of the molecule is C[Si](C)(c1ccc2c(c1)-c1ccc3c4ccccc4n(-c4ccccc4)c3c1C2)c1ccc2c(c1)-c1ccc3c4ccccc4n(-c4ccccc4)c3c1C2. The second-order valence-electron chi connectivity index (χ2n) is 16.1. The molecule has 0 saturated heterocycles. The molecule has 2 aromatic heterocycles. The molecule has 2 nitrogen and oxygen atoms in total. The van der Waals surface area contributed by atoms with E-state index < -0.39 is 8.07 Å². The van der Waals surface area contributed by atoms with E-state index in [0.29, 0.717) is 0 Å². The predicted octanol–water partition coefficient (Wildman–Crippen LogP) is 11.8. The predicted molar refractivity (Wildman–Crippen MR) is 235 cm³/mol. The first kappa shape index (κ1) is 31.0. The Morgan fingerprint density at radius 2 is 0.800 bits per heavy atom. The van der Waals surface area contributed by atoms with Crippen LogP contribution in [0.5, 0.6) is 0 Å². The molecule has 2 aliphatic rings. The number of hydrogen-bond acceptors (Lipinski definition) is 0. The fourth-order valence-electron chi connectivity index (χ4n) is 10.1. The summed E-state index contributed by atoms with van der Waals surface area (Å²) >= 11 is 0. The topological polar surface area (TPSA) is 9.86 Å². The molecule has 8 aromatic carbocycles. The van der Waals surface area contributed by atoms with E-state index >= 15 is 0 Å². The third-order valence-electron chi connectivity index (χ3n) is 12.9. The lowest BCUT2D eigenvalue weighted by Crippen LogP contribution is -2.52. The van der Waals surface area contributed by atoms with Crippen molar-refractivity contribution in [2.75, 3.05) is 0 Å².